The number of halogens is 1. The second-order valence-electron chi connectivity index (χ2n) is 8.38. The van der Waals surface area contributed by atoms with E-state index in [0.29, 0.717) is 20.7 Å². The molecule has 0 radical (unpaired) electrons. The van der Waals surface area contributed by atoms with Gasteiger partial charge in [0.1, 0.15) is 23.0 Å². The topological polar surface area (TPSA) is 163 Å². The third-order valence-corrected chi connectivity index (χ3v) is 8.53. The van der Waals surface area contributed by atoms with Crippen molar-refractivity contribution in [1.29, 1.82) is 0 Å². The zero-order valence-corrected chi connectivity index (χ0v) is 24.1. The highest BCUT2D eigenvalue weighted by Crippen LogP contribution is 2.40. The molecule has 0 saturated carbocycles. The van der Waals surface area contributed by atoms with Crippen molar-refractivity contribution in [2.45, 2.75) is 21.0 Å². The van der Waals surface area contributed by atoms with Gasteiger partial charge in [0.25, 0.3) is 0 Å². The monoisotopic (exact) mass is 617 g/mol. The molecular formula is C26H24FN5O6S3. The number of nitrogens with two attached hydrogens (primary N) is 1. The van der Waals surface area contributed by atoms with Gasteiger partial charge in [0.2, 0.25) is 11.8 Å². The van der Waals surface area contributed by atoms with E-state index in [0.717, 1.165) is 41.5 Å². The molecule has 0 spiro atoms. The maximum Gasteiger partial charge on any atom is 0.235 e. The zero-order valence-electron chi connectivity index (χ0n) is 21.7. The molecule has 2 amide bonds. The van der Waals surface area contributed by atoms with E-state index in [9.17, 15) is 22.4 Å². The number of hydrogen-bond acceptors (Lipinski definition) is 11. The number of pyridine rings is 1. The molecule has 4 rings (SSSR count). The van der Waals surface area contributed by atoms with Gasteiger partial charge >= 0.3 is 0 Å². The number of sulfone groups is 1. The van der Waals surface area contributed by atoms with Crippen LogP contribution in [0.2, 0.25) is 0 Å². The number of ether oxygens (including phenoxy) is 2. The number of nitrogens with one attached hydrogen (secondary N) is 2. The lowest BCUT2D eigenvalue weighted by Gasteiger charge is -2.14. The SMILES string of the molecule is COc1ccccc1Oc1cc(F)ccc1NC(=O)CC(=O)Nc1nc(C(N)S(C)(=O)=O)c(Sc2ccccn2)s1. The first-order valence-electron chi connectivity index (χ1n) is 11.8. The molecule has 0 aliphatic heterocycles. The highest BCUT2D eigenvalue weighted by Gasteiger charge is 2.27. The van der Waals surface area contributed by atoms with Crippen LogP contribution < -0.4 is 25.8 Å². The van der Waals surface area contributed by atoms with Crippen LogP contribution in [0.1, 0.15) is 17.5 Å². The standard InChI is InChI=1S/C26H24FN5O6S3/c1-37-17-7-3-4-8-18(17)38-19-13-15(27)10-11-16(19)30-20(33)14-21(34)31-26-32-23(24(28)41(2,35)36)25(40-26)39-22-9-5-6-12-29-22/h3-13,24H,14,28H2,1-2H3,(H,30,33)(H,31,32,34). The van der Waals surface area contributed by atoms with Crippen molar-refractivity contribution >= 4 is 55.6 Å². The number of aromatic nitrogens is 2. The van der Waals surface area contributed by atoms with Crippen molar-refractivity contribution in [3.63, 3.8) is 0 Å². The number of carbonyl (C=O) groups excluding carboxylic acids is 2. The molecule has 1 unspecified atom stereocenters. The van der Waals surface area contributed by atoms with Gasteiger partial charge in [0.05, 0.1) is 17.0 Å². The Morgan fingerprint density at radius 1 is 1.05 bits per heavy atom. The van der Waals surface area contributed by atoms with Crippen molar-refractivity contribution in [1.82, 2.24) is 9.97 Å². The fraction of sp³-hybridized carbons (Fsp3) is 0.154. The van der Waals surface area contributed by atoms with Crippen LogP contribution in [-0.4, -0.2) is 43.6 Å². The van der Waals surface area contributed by atoms with Crippen LogP contribution in [0.15, 0.2) is 76.1 Å². The summed E-state index contributed by atoms with van der Waals surface area (Å²) in [5.41, 5.74) is 6.11. The summed E-state index contributed by atoms with van der Waals surface area (Å²) in [5, 5.41) is 4.24. The van der Waals surface area contributed by atoms with Crippen molar-refractivity contribution in [2.75, 3.05) is 24.0 Å². The molecule has 2 aromatic heterocycles. The summed E-state index contributed by atoms with van der Waals surface area (Å²) in [4.78, 5) is 33.8. The fourth-order valence-corrected chi connectivity index (χ4v) is 6.21. The van der Waals surface area contributed by atoms with Gasteiger partial charge < -0.3 is 25.8 Å². The third-order valence-electron chi connectivity index (χ3n) is 5.26. The summed E-state index contributed by atoms with van der Waals surface area (Å²) in [5.74, 6) is -1.35. The Hall–Kier alpha value is -4.05. The largest absolute Gasteiger partial charge is 0.493 e. The van der Waals surface area contributed by atoms with Crippen molar-refractivity contribution in [2.24, 2.45) is 5.73 Å². The maximum absolute atomic E-state index is 14.0. The number of nitrogens with zero attached hydrogens (tertiary/aromatic N) is 2. The number of anilines is 2. The number of benzene rings is 2. The first-order chi connectivity index (χ1) is 19.5. The van der Waals surface area contributed by atoms with Gasteiger partial charge in [-0.25, -0.2) is 22.8 Å². The fourth-order valence-electron chi connectivity index (χ4n) is 3.34. The van der Waals surface area contributed by atoms with Gasteiger partial charge in [-0.1, -0.05) is 41.3 Å². The van der Waals surface area contributed by atoms with Crippen LogP contribution in [0.25, 0.3) is 0 Å². The molecule has 0 fully saturated rings. The summed E-state index contributed by atoms with van der Waals surface area (Å²) in [6.07, 6.45) is 1.94. The Kier molecular flexibility index (Phi) is 9.54. The smallest absolute Gasteiger partial charge is 0.235 e. The maximum atomic E-state index is 14.0. The number of methoxy groups -OCH3 is 1. The van der Waals surface area contributed by atoms with Crippen LogP contribution in [0, 0.1) is 5.82 Å². The van der Waals surface area contributed by atoms with E-state index in [1.165, 1.54) is 13.2 Å². The quantitative estimate of drug-likeness (QED) is 0.203. The molecule has 214 valence electrons. The molecular weight excluding hydrogens is 594 g/mol. The highest BCUT2D eigenvalue weighted by atomic mass is 32.2. The summed E-state index contributed by atoms with van der Waals surface area (Å²) in [6.45, 7) is 0. The average molecular weight is 618 g/mol. The van der Waals surface area contributed by atoms with Gasteiger partial charge in [-0.15, -0.1) is 0 Å². The second kappa shape index (κ2) is 13.1. The molecule has 4 N–H and O–H groups in total. The molecule has 0 bridgehead atoms. The summed E-state index contributed by atoms with van der Waals surface area (Å²) in [7, 11) is -2.25. The average Bonchev–Trinajstić information content (AvgIpc) is 3.31. The normalized spacial score (nSPS) is 11.9. The van der Waals surface area contributed by atoms with Crippen LogP contribution in [0.4, 0.5) is 15.2 Å². The van der Waals surface area contributed by atoms with E-state index >= 15 is 0 Å². The number of hydrogen-bond donors (Lipinski definition) is 3. The van der Waals surface area contributed by atoms with Crippen LogP contribution in [0.3, 0.4) is 0 Å². The van der Waals surface area contributed by atoms with Gasteiger partial charge in [0.15, 0.2) is 37.6 Å². The summed E-state index contributed by atoms with van der Waals surface area (Å²) in [6, 6.07) is 15.5. The summed E-state index contributed by atoms with van der Waals surface area (Å²) >= 11 is 2.14. The molecule has 0 saturated heterocycles. The Morgan fingerprint density at radius 2 is 1.76 bits per heavy atom. The number of rotatable bonds is 11. The van der Waals surface area contributed by atoms with E-state index in [2.05, 4.69) is 20.6 Å². The number of thiazole rings is 1. The lowest BCUT2D eigenvalue weighted by molar-refractivity contribution is -0.123. The van der Waals surface area contributed by atoms with Gasteiger partial charge in [-0.3, -0.25) is 9.59 Å². The minimum atomic E-state index is -3.71. The molecule has 15 heteroatoms. The predicted molar refractivity (Wildman–Crippen MR) is 154 cm³/mol. The van der Waals surface area contributed by atoms with E-state index in [1.807, 2.05) is 0 Å². The van der Waals surface area contributed by atoms with Crippen molar-refractivity contribution in [3.05, 3.63) is 78.4 Å². The molecule has 2 heterocycles. The van der Waals surface area contributed by atoms with Gasteiger partial charge in [0, 0.05) is 18.5 Å². The number of amides is 2. The number of para-hydroxylation sites is 2. The molecule has 4 aromatic rings. The second-order valence-corrected chi connectivity index (χ2v) is 12.8. The van der Waals surface area contributed by atoms with Gasteiger partial charge in [-0.05, 0) is 36.4 Å². The Morgan fingerprint density at radius 3 is 2.44 bits per heavy atom. The van der Waals surface area contributed by atoms with E-state index < -0.39 is 39.3 Å². The molecule has 1 atom stereocenters. The summed E-state index contributed by atoms with van der Waals surface area (Å²) < 4.78 is 49.7. The van der Waals surface area contributed by atoms with Crippen LogP contribution >= 0.6 is 23.1 Å². The predicted octanol–water partition coefficient (Wildman–Crippen LogP) is 4.60. The van der Waals surface area contributed by atoms with Crippen LogP contribution in [-0.2, 0) is 19.4 Å². The molecule has 11 nitrogen and oxygen atoms in total. The molecule has 0 aliphatic carbocycles. The first kappa shape index (κ1) is 29.9. The molecule has 2 aromatic carbocycles. The van der Waals surface area contributed by atoms with E-state index in [4.69, 9.17) is 15.2 Å². The minimum absolute atomic E-state index is 0.00114. The Labute approximate surface area is 243 Å². The third kappa shape index (κ3) is 8.00. The van der Waals surface area contributed by atoms with Crippen molar-refractivity contribution < 1.29 is 31.9 Å². The zero-order chi connectivity index (χ0) is 29.6. The van der Waals surface area contributed by atoms with E-state index in [1.54, 1.807) is 48.7 Å². The highest BCUT2D eigenvalue weighted by molar-refractivity contribution is 8.01. The van der Waals surface area contributed by atoms with Crippen molar-refractivity contribution in [3.8, 4) is 17.2 Å². The Balaban J connectivity index is 1.47. The van der Waals surface area contributed by atoms with Gasteiger partial charge in [-0.2, -0.15) is 0 Å². The van der Waals surface area contributed by atoms with E-state index in [-0.39, 0.29) is 22.3 Å². The lowest BCUT2D eigenvalue weighted by atomic mass is 10.2. The van der Waals surface area contributed by atoms with Crippen LogP contribution in [0.5, 0.6) is 17.2 Å². The number of carbonyl (C=O) groups is 2. The molecule has 41 heavy (non-hydrogen) atoms. The first-order valence-corrected chi connectivity index (χ1v) is 15.4. The Bertz CT molecular complexity index is 1670. The lowest BCUT2D eigenvalue weighted by Crippen LogP contribution is -2.23. The molecule has 0 aliphatic rings. The minimum Gasteiger partial charge on any atom is -0.493 e.